The summed E-state index contributed by atoms with van der Waals surface area (Å²) < 4.78 is 0.981. The summed E-state index contributed by atoms with van der Waals surface area (Å²) in [5, 5.41) is 7.51. The van der Waals surface area contributed by atoms with E-state index in [2.05, 4.69) is 26.6 Å². The Balaban J connectivity index is 1.75. The zero-order valence-corrected chi connectivity index (χ0v) is 14.5. The highest BCUT2D eigenvalue weighted by atomic mass is 79.9. The first-order chi connectivity index (χ1) is 10.6. The first kappa shape index (κ1) is 16.7. The Hall–Kier alpha value is -1.66. The number of carbonyl (C=O) groups is 2. The van der Waals surface area contributed by atoms with Crippen molar-refractivity contribution in [2.75, 3.05) is 6.54 Å². The highest BCUT2D eigenvalue weighted by Gasteiger charge is 2.11. The van der Waals surface area contributed by atoms with Crippen LogP contribution in [-0.2, 0) is 4.79 Å². The Morgan fingerprint density at radius 3 is 2.77 bits per heavy atom. The summed E-state index contributed by atoms with van der Waals surface area (Å²) in [5.41, 5.74) is 1.03. The largest absolute Gasteiger partial charge is 0.351 e. The maximum atomic E-state index is 11.9. The van der Waals surface area contributed by atoms with Gasteiger partial charge in [-0.2, -0.15) is 0 Å². The summed E-state index contributed by atoms with van der Waals surface area (Å²) in [6, 6.07) is 11.3. The zero-order chi connectivity index (χ0) is 15.9. The van der Waals surface area contributed by atoms with Gasteiger partial charge in [-0.1, -0.05) is 34.1 Å². The minimum atomic E-state index is -0.136. The number of hydrogen-bond donors (Lipinski definition) is 2. The number of rotatable bonds is 6. The standard InChI is InChI=1S/C16H17BrN2O2S/c1-11(12-4-2-5-13(17)10-12)19-15(20)7-8-18-16(21)14-6-3-9-22-14/h2-6,9-11H,7-8H2,1H3,(H,18,21)(H,19,20). The molecule has 0 aliphatic rings. The van der Waals surface area contributed by atoms with Crippen molar-refractivity contribution in [1.82, 2.24) is 10.6 Å². The number of thiophene rings is 1. The molecule has 6 heteroatoms. The lowest BCUT2D eigenvalue weighted by molar-refractivity contribution is -0.121. The van der Waals surface area contributed by atoms with Gasteiger partial charge in [0.2, 0.25) is 5.91 Å². The first-order valence-electron chi connectivity index (χ1n) is 6.93. The number of carbonyl (C=O) groups excluding carboxylic acids is 2. The molecule has 0 aliphatic carbocycles. The first-order valence-corrected chi connectivity index (χ1v) is 8.60. The Morgan fingerprint density at radius 2 is 2.09 bits per heavy atom. The van der Waals surface area contributed by atoms with Crippen LogP contribution >= 0.6 is 27.3 Å². The molecule has 4 nitrogen and oxygen atoms in total. The Labute approximate surface area is 142 Å². The molecule has 0 saturated carbocycles. The molecule has 116 valence electrons. The summed E-state index contributed by atoms with van der Waals surface area (Å²) in [6.45, 7) is 2.26. The Morgan fingerprint density at radius 1 is 1.27 bits per heavy atom. The van der Waals surface area contributed by atoms with Crippen molar-refractivity contribution in [3.63, 3.8) is 0 Å². The van der Waals surface area contributed by atoms with Gasteiger partial charge in [0.15, 0.2) is 0 Å². The summed E-state index contributed by atoms with van der Waals surface area (Å²) in [5.74, 6) is -0.221. The van der Waals surface area contributed by atoms with E-state index in [4.69, 9.17) is 0 Å². The van der Waals surface area contributed by atoms with Gasteiger partial charge in [-0.05, 0) is 36.1 Å². The summed E-state index contributed by atoms with van der Waals surface area (Å²) in [7, 11) is 0. The van der Waals surface area contributed by atoms with Crippen molar-refractivity contribution in [1.29, 1.82) is 0 Å². The van der Waals surface area contributed by atoms with E-state index in [0.29, 0.717) is 11.4 Å². The smallest absolute Gasteiger partial charge is 0.261 e. The molecule has 2 rings (SSSR count). The molecule has 0 spiro atoms. The second kappa shape index (κ2) is 8.10. The molecule has 2 N–H and O–H groups in total. The fraction of sp³-hybridized carbons (Fsp3) is 0.250. The molecule has 0 aliphatic heterocycles. The van der Waals surface area contributed by atoms with Gasteiger partial charge in [0.05, 0.1) is 10.9 Å². The fourth-order valence-electron chi connectivity index (χ4n) is 1.96. The third-order valence-electron chi connectivity index (χ3n) is 3.11. The van der Waals surface area contributed by atoms with Crippen molar-refractivity contribution in [2.45, 2.75) is 19.4 Å². The van der Waals surface area contributed by atoms with Crippen molar-refractivity contribution in [3.05, 3.63) is 56.7 Å². The van der Waals surface area contributed by atoms with Crippen LogP contribution in [0.1, 0.15) is 34.6 Å². The average molecular weight is 381 g/mol. The van der Waals surface area contributed by atoms with Crippen molar-refractivity contribution < 1.29 is 9.59 Å². The lowest BCUT2D eigenvalue weighted by atomic mass is 10.1. The Bertz CT molecular complexity index is 643. The molecule has 22 heavy (non-hydrogen) atoms. The Kier molecular flexibility index (Phi) is 6.15. The zero-order valence-electron chi connectivity index (χ0n) is 12.1. The maximum Gasteiger partial charge on any atom is 0.261 e. The maximum absolute atomic E-state index is 11.9. The predicted octanol–water partition coefficient (Wildman–Crippen LogP) is 3.51. The third kappa shape index (κ3) is 4.96. The van der Waals surface area contributed by atoms with E-state index < -0.39 is 0 Å². The SMILES string of the molecule is CC(NC(=O)CCNC(=O)c1cccs1)c1cccc(Br)c1. The van der Waals surface area contributed by atoms with Gasteiger partial charge in [0.25, 0.3) is 5.91 Å². The molecule has 0 saturated heterocycles. The number of benzene rings is 1. The van der Waals surface area contributed by atoms with Crippen molar-refractivity contribution in [2.24, 2.45) is 0 Å². The van der Waals surface area contributed by atoms with Gasteiger partial charge < -0.3 is 10.6 Å². The van der Waals surface area contributed by atoms with Gasteiger partial charge in [0, 0.05) is 17.4 Å². The minimum Gasteiger partial charge on any atom is -0.351 e. The van der Waals surface area contributed by atoms with Crippen molar-refractivity contribution in [3.8, 4) is 0 Å². The molecule has 1 atom stereocenters. The van der Waals surface area contributed by atoms with Crippen LogP contribution < -0.4 is 10.6 Å². The second-order valence-electron chi connectivity index (χ2n) is 4.83. The van der Waals surface area contributed by atoms with Crippen LogP contribution in [0.25, 0.3) is 0 Å². The van der Waals surface area contributed by atoms with E-state index in [-0.39, 0.29) is 24.3 Å². The monoisotopic (exact) mass is 380 g/mol. The molecule has 1 unspecified atom stereocenters. The van der Waals surface area contributed by atoms with Crippen LogP contribution in [0.15, 0.2) is 46.3 Å². The highest BCUT2D eigenvalue weighted by Crippen LogP contribution is 2.17. The quantitative estimate of drug-likeness (QED) is 0.805. The van der Waals surface area contributed by atoms with Crippen molar-refractivity contribution >= 4 is 39.1 Å². The molecular formula is C16H17BrN2O2S. The lowest BCUT2D eigenvalue weighted by Gasteiger charge is -2.14. The molecular weight excluding hydrogens is 364 g/mol. The summed E-state index contributed by atoms with van der Waals surface area (Å²) in [6.07, 6.45) is 0.259. The number of hydrogen-bond acceptors (Lipinski definition) is 3. The molecule has 2 amide bonds. The van der Waals surface area contributed by atoms with E-state index in [1.165, 1.54) is 11.3 Å². The van der Waals surface area contributed by atoms with E-state index in [0.717, 1.165) is 10.0 Å². The average Bonchev–Trinajstić information content (AvgIpc) is 3.01. The van der Waals surface area contributed by atoms with E-state index in [9.17, 15) is 9.59 Å². The van der Waals surface area contributed by atoms with Crippen LogP contribution in [0, 0.1) is 0 Å². The van der Waals surface area contributed by atoms with Crippen LogP contribution in [0.2, 0.25) is 0 Å². The van der Waals surface area contributed by atoms with E-state index in [1.807, 2.05) is 42.6 Å². The van der Waals surface area contributed by atoms with Crippen LogP contribution in [0.4, 0.5) is 0 Å². The molecule has 0 radical (unpaired) electrons. The molecule has 1 aromatic heterocycles. The number of amides is 2. The lowest BCUT2D eigenvalue weighted by Crippen LogP contribution is -2.31. The normalized spacial score (nSPS) is 11.7. The minimum absolute atomic E-state index is 0.0713. The van der Waals surface area contributed by atoms with E-state index >= 15 is 0 Å². The summed E-state index contributed by atoms with van der Waals surface area (Å²) >= 11 is 4.80. The molecule has 2 aromatic rings. The topological polar surface area (TPSA) is 58.2 Å². The van der Waals surface area contributed by atoms with Crippen LogP contribution in [0.5, 0.6) is 0 Å². The molecule has 0 bridgehead atoms. The molecule has 1 heterocycles. The second-order valence-corrected chi connectivity index (χ2v) is 6.69. The van der Waals surface area contributed by atoms with Gasteiger partial charge in [0.1, 0.15) is 0 Å². The van der Waals surface area contributed by atoms with Gasteiger partial charge in [-0.15, -0.1) is 11.3 Å². The van der Waals surface area contributed by atoms with Crippen LogP contribution in [0.3, 0.4) is 0 Å². The predicted molar refractivity (Wildman–Crippen MR) is 92.0 cm³/mol. The van der Waals surface area contributed by atoms with E-state index in [1.54, 1.807) is 6.07 Å². The summed E-state index contributed by atoms with van der Waals surface area (Å²) in [4.78, 5) is 24.3. The van der Waals surface area contributed by atoms with Gasteiger partial charge in [-0.25, -0.2) is 0 Å². The fourth-order valence-corrected chi connectivity index (χ4v) is 3.01. The highest BCUT2D eigenvalue weighted by molar-refractivity contribution is 9.10. The third-order valence-corrected chi connectivity index (χ3v) is 4.47. The molecule has 0 fully saturated rings. The molecule has 1 aromatic carbocycles. The van der Waals surface area contributed by atoms with Crippen LogP contribution in [-0.4, -0.2) is 18.4 Å². The van der Waals surface area contributed by atoms with Gasteiger partial charge >= 0.3 is 0 Å². The number of nitrogens with one attached hydrogen (secondary N) is 2. The number of halogens is 1. The van der Waals surface area contributed by atoms with Gasteiger partial charge in [-0.3, -0.25) is 9.59 Å².